The molecule has 1 aliphatic heterocycles. The zero-order valence-electron chi connectivity index (χ0n) is 5.80. The second-order valence-electron chi connectivity index (χ2n) is 2.42. The summed E-state index contributed by atoms with van der Waals surface area (Å²) in [5.74, 6) is -0.661. The van der Waals surface area contributed by atoms with Crippen molar-refractivity contribution in [1.29, 1.82) is 0 Å². The summed E-state index contributed by atoms with van der Waals surface area (Å²) >= 11 is 0. The molecule has 1 aliphatic rings. The molecule has 1 fully saturated rings. The number of carbonyl (C=O) groups excluding carboxylic acids is 1. The van der Waals surface area contributed by atoms with Gasteiger partial charge in [0.1, 0.15) is 18.3 Å². The molecule has 1 saturated heterocycles. The molecule has 0 aromatic heterocycles. The van der Waals surface area contributed by atoms with Gasteiger partial charge in [0.2, 0.25) is 0 Å². The standard InChI is InChI=1S/C6H10O5/c7-1-4-6(10)5(9)3(8)2-11-4/h3-5,7-9H,1-2H2. The molecular formula is C6H10O5. The Kier molecular flexibility index (Phi) is 2.56. The van der Waals surface area contributed by atoms with E-state index >= 15 is 0 Å². The number of Topliss-reactive ketones (excluding diaryl/α,β-unsaturated/α-hetero) is 1. The molecule has 0 aromatic rings. The lowest BCUT2D eigenvalue weighted by molar-refractivity contribution is -0.167. The first-order valence-corrected chi connectivity index (χ1v) is 3.29. The summed E-state index contributed by atoms with van der Waals surface area (Å²) in [6.07, 6.45) is -3.56. The van der Waals surface area contributed by atoms with Gasteiger partial charge in [-0.1, -0.05) is 0 Å². The van der Waals surface area contributed by atoms with E-state index in [1.54, 1.807) is 0 Å². The number of aliphatic hydroxyl groups excluding tert-OH is 3. The Balaban J connectivity index is 2.59. The Labute approximate surface area is 63.2 Å². The molecule has 0 bridgehead atoms. The SMILES string of the molecule is O=C1C(CO)OCC(O)C1O. The smallest absolute Gasteiger partial charge is 0.194 e. The van der Waals surface area contributed by atoms with E-state index in [1.807, 2.05) is 0 Å². The third-order valence-corrected chi connectivity index (χ3v) is 1.61. The summed E-state index contributed by atoms with van der Waals surface area (Å²) in [5, 5.41) is 26.4. The maximum absolute atomic E-state index is 10.9. The van der Waals surface area contributed by atoms with Crippen LogP contribution in [-0.4, -0.2) is 52.6 Å². The maximum Gasteiger partial charge on any atom is 0.194 e. The Bertz CT molecular complexity index is 153. The highest BCUT2D eigenvalue weighted by molar-refractivity contribution is 5.88. The van der Waals surface area contributed by atoms with Crippen molar-refractivity contribution in [3.63, 3.8) is 0 Å². The fourth-order valence-corrected chi connectivity index (χ4v) is 0.911. The molecule has 0 aliphatic carbocycles. The van der Waals surface area contributed by atoms with Gasteiger partial charge in [0.05, 0.1) is 13.2 Å². The summed E-state index contributed by atoms with van der Waals surface area (Å²) in [6, 6.07) is 0. The van der Waals surface area contributed by atoms with Gasteiger partial charge in [-0.2, -0.15) is 0 Å². The van der Waals surface area contributed by atoms with E-state index < -0.39 is 30.7 Å². The molecule has 0 radical (unpaired) electrons. The lowest BCUT2D eigenvalue weighted by Gasteiger charge is -2.27. The van der Waals surface area contributed by atoms with Crippen LogP contribution >= 0.6 is 0 Å². The molecule has 0 spiro atoms. The van der Waals surface area contributed by atoms with Crippen molar-refractivity contribution in [1.82, 2.24) is 0 Å². The van der Waals surface area contributed by atoms with Crippen molar-refractivity contribution < 1.29 is 24.9 Å². The predicted octanol–water partition coefficient (Wildman–Crippen LogP) is -2.33. The van der Waals surface area contributed by atoms with Crippen molar-refractivity contribution in [3.05, 3.63) is 0 Å². The maximum atomic E-state index is 10.9. The van der Waals surface area contributed by atoms with Crippen LogP contribution < -0.4 is 0 Å². The summed E-state index contributed by atoms with van der Waals surface area (Å²) in [4.78, 5) is 10.9. The minimum atomic E-state index is -1.42. The molecule has 5 nitrogen and oxygen atoms in total. The largest absolute Gasteiger partial charge is 0.393 e. The third-order valence-electron chi connectivity index (χ3n) is 1.61. The molecule has 0 saturated carbocycles. The van der Waals surface area contributed by atoms with Gasteiger partial charge in [0.15, 0.2) is 5.78 Å². The van der Waals surface area contributed by atoms with Gasteiger partial charge in [0, 0.05) is 0 Å². The first-order valence-electron chi connectivity index (χ1n) is 3.29. The number of ether oxygens (including phenoxy) is 1. The molecule has 11 heavy (non-hydrogen) atoms. The summed E-state index contributed by atoms with van der Waals surface area (Å²) < 4.78 is 4.71. The fourth-order valence-electron chi connectivity index (χ4n) is 0.911. The topological polar surface area (TPSA) is 87.0 Å². The number of carbonyl (C=O) groups is 1. The van der Waals surface area contributed by atoms with Crippen LogP contribution in [-0.2, 0) is 9.53 Å². The van der Waals surface area contributed by atoms with Crippen molar-refractivity contribution >= 4 is 5.78 Å². The molecule has 3 N–H and O–H groups in total. The number of aliphatic hydroxyl groups is 3. The molecule has 64 valence electrons. The van der Waals surface area contributed by atoms with Crippen LogP contribution in [0, 0.1) is 0 Å². The molecule has 3 atom stereocenters. The summed E-state index contributed by atoms with van der Waals surface area (Å²) in [6.45, 7) is -0.569. The third kappa shape index (κ3) is 1.57. The Morgan fingerprint density at radius 1 is 1.55 bits per heavy atom. The van der Waals surface area contributed by atoms with Crippen molar-refractivity contribution in [2.24, 2.45) is 0 Å². The van der Waals surface area contributed by atoms with Crippen molar-refractivity contribution in [3.8, 4) is 0 Å². The summed E-state index contributed by atoms with van der Waals surface area (Å²) in [5.41, 5.74) is 0. The van der Waals surface area contributed by atoms with Gasteiger partial charge in [-0.3, -0.25) is 4.79 Å². The number of rotatable bonds is 1. The molecule has 0 amide bonds. The van der Waals surface area contributed by atoms with Crippen LogP contribution in [0.1, 0.15) is 0 Å². The Morgan fingerprint density at radius 3 is 2.73 bits per heavy atom. The molecule has 1 heterocycles. The van der Waals surface area contributed by atoms with E-state index in [1.165, 1.54) is 0 Å². The normalized spacial score (nSPS) is 39.2. The van der Waals surface area contributed by atoms with Crippen LogP contribution in [0.5, 0.6) is 0 Å². The predicted molar refractivity (Wildman–Crippen MR) is 33.8 cm³/mol. The summed E-state index contributed by atoms with van der Waals surface area (Å²) in [7, 11) is 0. The molecule has 3 unspecified atom stereocenters. The average molecular weight is 162 g/mol. The highest BCUT2D eigenvalue weighted by Crippen LogP contribution is 2.09. The molecule has 5 heteroatoms. The van der Waals surface area contributed by atoms with E-state index in [9.17, 15) is 4.79 Å². The van der Waals surface area contributed by atoms with E-state index in [0.29, 0.717) is 0 Å². The average Bonchev–Trinajstić information content (AvgIpc) is 2.01. The fraction of sp³-hybridized carbons (Fsp3) is 0.833. The quantitative estimate of drug-likeness (QED) is 0.402. The van der Waals surface area contributed by atoms with Crippen LogP contribution in [0.15, 0.2) is 0 Å². The highest BCUT2D eigenvalue weighted by atomic mass is 16.5. The molecule has 1 rings (SSSR count). The van der Waals surface area contributed by atoms with E-state index in [4.69, 9.17) is 20.1 Å². The number of hydrogen-bond donors (Lipinski definition) is 3. The van der Waals surface area contributed by atoms with Crippen LogP contribution in [0.3, 0.4) is 0 Å². The van der Waals surface area contributed by atoms with Crippen molar-refractivity contribution in [2.75, 3.05) is 13.2 Å². The van der Waals surface area contributed by atoms with Gasteiger partial charge in [0.25, 0.3) is 0 Å². The second kappa shape index (κ2) is 3.27. The first kappa shape index (κ1) is 8.61. The van der Waals surface area contributed by atoms with Crippen molar-refractivity contribution in [2.45, 2.75) is 18.3 Å². The van der Waals surface area contributed by atoms with Gasteiger partial charge in [-0.05, 0) is 0 Å². The zero-order valence-corrected chi connectivity index (χ0v) is 5.80. The van der Waals surface area contributed by atoms with E-state index in [2.05, 4.69) is 0 Å². The Hall–Kier alpha value is -0.490. The lowest BCUT2D eigenvalue weighted by atomic mass is 10.0. The van der Waals surface area contributed by atoms with Gasteiger partial charge in [-0.25, -0.2) is 0 Å². The van der Waals surface area contributed by atoms with E-state index in [-0.39, 0.29) is 6.61 Å². The van der Waals surface area contributed by atoms with Crippen LogP contribution in [0.25, 0.3) is 0 Å². The first-order chi connectivity index (χ1) is 5.16. The van der Waals surface area contributed by atoms with Gasteiger partial charge in [-0.15, -0.1) is 0 Å². The molecular weight excluding hydrogens is 152 g/mol. The Morgan fingerprint density at radius 2 is 2.18 bits per heavy atom. The minimum absolute atomic E-state index is 0.113. The lowest BCUT2D eigenvalue weighted by Crippen LogP contribution is -2.50. The second-order valence-corrected chi connectivity index (χ2v) is 2.42. The van der Waals surface area contributed by atoms with E-state index in [0.717, 1.165) is 0 Å². The van der Waals surface area contributed by atoms with Crippen LogP contribution in [0.4, 0.5) is 0 Å². The number of ketones is 1. The molecule has 0 aromatic carbocycles. The van der Waals surface area contributed by atoms with Gasteiger partial charge >= 0.3 is 0 Å². The van der Waals surface area contributed by atoms with Crippen LogP contribution in [0.2, 0.25) is 0 Å². The minimum Gasteiger partial charge on any atom is -0.393 e. The highest BCUT2D eigenvalue weighted by Gasteiger charge is 2.36. The zero-order chi connectivity index (χ0) is 8.43. The monoisotopic (exact) mass is 162 g/mol. The van der Waals surface area contributed by atoms with Gasteiger partial charge < -0.3 is 20.1 Å². The number of hydrogen-bond acceptors (Lipinski definition) is 5.